The van der Waals surface area contributed by atoms with Crippen LogP contribution in [-0.4, -0.2) is 82.4 Å². The monoisotopic (exact) mass is 554 g/mol. The second-order valence-electron chi connectivity index (χ2n) is 9.79. The van der Waals surface area contributed by atoms with Crippen LogP contribution in [0.4, 0.5) is 5.69 Å². The van der Waals surface area contributed by atoms with Gasteiger partial charge in [-0.2, -0.15) is 0 Å². The van der Waals surface area contributed by atoms with Crippen molar-refractivity contribution in [1.82, 2.24) is 14.7 Å². The minimum atomic E-state index is -3.84. The summed E-state index contributed by atoms with van der Waals surface area (Å²) in [7, 11) is 0.320. The maximum absolute atomic E-state index is 13.6. The van der Waals surface area contributed by atoms with Crippen LogP contribution in [0.5, 0.6) is 0 Å². The average molecular weight is 555 g/mol. The molecule has 0 N–H and O–H groups in total. The molecule has 0 bridgehead atoms. The average Bonchev–Trinajstić information content (AvgIpc) is 2.93. The number of nitrogens with zero attached hydrogens (tertiary/aromatic N) is 4. The molecule has 202 valence electrons. The minimum Gasteiger partial charge on any atom is -0.336 e. The fraction of sp³-hybridized carbons (Fsp3) is 0.345. The lowest BCUT2D eigenvalue weighted by molar-refractivity contribution is 0.0634. The molecule has 38 heavy (non-hydrogen) atoms. The Labute approximate surface area is 231 Å². The molecule has 0 unspecified atom stereocenters. The lowest BCUT2D eigenvalue weighted by Crippen LogP contribution is -2.49. The number of piperazine rings is 1. The Morgan fingerprint density at radius 3 is 2.11 bits per heavy atom. The summed E-state index contributed by atoms with van der Waals surface area (Å²) in [5.74, 6) is -0.0281. The third-order valence-corrected chi connectivity index (χ3v) is 8.75. The van der Waals surface area contributed by atoms with Crippen LogP contribution in [0.3, 0.4) is 0 Å². The molecule has 1 saturated heterocycles. The summed E-state index contributed by atoms with van der Waals surface area (Å²) in [6.07, 6.45) is 1.11. The Morgan fingerprint density at radius 1 is 0.868 bits per heavy atom. The predicted octanol–water partition coefficient (Wildman–Crippen LogP) is 4.45. The second-order valence-corrected chi connectivity index (χ2v) is 12.1. The van der Waals surface area contributed by atoms with E-state index in [1.165, 1.54) is 4.31 Å². The quantitative estimate of drug-likeness (QED) is 0.371. The molecule has 0 saturated carbocycles. The molecule has 1 fully saturated rings. The van der Waals surface area contributed by atoms with E-state index in [0.29, 0.717) is 29.4 Å². The molecule has 7 nitrogen and oxygen atoms in total. The van der Waals surface area contributed by atoms with Gasteiger partial charge in [0.2, 0.25) is 0 Å². The highest BCUT2D eigenvalue weighted by atomic mass is 35.5. The highest BCUT2D eigenvalue weighted by molar-refractivity contribution is 7.92. The number of anilines is 1. The molecule has 3 aromatic carbocycles. The van der Waals surface area contributed by atoms with Crippen LogP contribution in [0.15, 0.2) is 83.8 Å². The van der Waals surface area contributed by atoms with Crippen molar-refractivity contribution in [3.8, 4) is 0 Å². The number of hydrogen-bond acceptors (Lipinski definition) is 5. The third kappa shape index (κ3) is 7.14. The smallest absolute Gasteiger partial charge is 0.264 e. The van der Waals surface area contributed by atoms with Gasteiger partial charge in [-0.25, -0.2) is 8.42 Å². The summed E-state index contributed by atoms with van der Waals surface area (Å²) in [5, 5.41) is 0.587. The molecular weight excluding hydrogens is 520 g/mol. The molecule has 4 rings (SSSR count). The van der Waals surface area contributed by atoms with Gasteiger partial charge in [0.05, 0.1) is 17.1 Å². The topological polar surface area (TPSA) is 64.2 Å². The molecule has 1 aliphatic heterocycles. The highest BCUT2D eigenvalue weighted by Crippen LogP contribution is 2.27. The van der Waals surface area contributed by atoms with Crippen molar-refractivity contribution in [3.05, 3.63) is 95.0 Å². The molecule has 0 aromatic heterocycles. The Kier molecular flexibility index (Phi) is 9.44. The van der Waals surface area contributed by atoms with Crippen LogP contribution in [0, 0.1) is 0 Å². The van der Waals surface area contributed by atoms with Crippen molar-refractivity contribution in [3.63, 3.8) is 0 Å². The number of sulfonamides is 1. The zero-order valence-corrected chi connectivity index (χ0v) is 23.5. The number of carbonyl (C=O) groups excluding carboxylic acids is 1. The Hall–Kier alpha value is -2.91. The maximum Gasteiger partial charge on any atom is 0.264 e. The molecule has 1 amide bonds. The van der Waals surface area contributed by atoms with E-state index >= 15 is 0 Å². The molecule has 3 aromatic rings. The summed E-state index contributed by atoms with van der Waals surface area (Å²) in [5.41, 5.74) is 1.85. The van der Waals surface area contributed by atoms with Crippen molar-refractivity contribution >= 4 is 33.2 Å². The molecule has 1 aliphatic rings. The molecule has 0 radical (unpaired) electrons. The fourth-order valence-corrected chi connectivity index (χ4v) is 6.13. The molecule has 9 heteroatoms. The Bertz CT molecular complexity index is 1290. The number of benzene rings is 3. The Morgan fingerprint density at radius 2 is 1.50 bits per heavy atom. The summed E-state index contributed by atoms with van der Waals surface area (Å²) in [4.78, 5) is 19.9. The number of hydrogen-bond donors (Lipinski definition) is 0. The van der Waals surface area contributed by atoms with Crippen LogP contribution >= 0.6 is 11.6 Å². The van der Waals surface area contributed by atoms with Crippen molar-refractivity contribution in [2.45, 2.75) is 17.9 Å². The van der Waals surface area contributed by atoms with E-state index < -0.39 is 10.0 Å². The van der Waals surface area contributed by atoms with E-state index in [2.05, 4.69) is 23.9 Å². The first-order valence-electron chi connectivity index (χ1n) is 12.8. The van der Waals surface area contributed by atoms with Gasteiger partial charge in [-0.15, -0.1) is 0 Å². The number of carbonyl (C=O) groups is 1. The first-order chi connectivity index (χ1) is 18.2. The van der Waals surface area contributed by atoms with Crippen molar-refractivity contribution in [2.75, 3.05) is 57.7 Å². The van der Waals surface area contributed by atoms with Crippen LogP contribution in [0.25, 0.3) is 0 Å². The first kappa shape index (κ1) is 28.1. The van der Waals surface area contributed by atoms with Crippen molar-refractivity contribution in [1.29, 1.82) is 0 Å². The summed E-state index contributed by atoms with van der Waals surface area (Å²) in [6, 6.07) is 22.3. The largest absolute Gasteiger partial charge is 0.336 e. The van der Waals surface area contributed by atoms with Gasteiger partial charge in [0.1, 0.15) is 0 Å². The summed E-state index contributed by atoms with van der Waals surface area (Å²) < 4.78 is 28.6. The SMILES string of the molecule is CN(C)CCCN1CCN(C(=O)c2ccc(N(Cc3ccc(Cl)cc3)S(=O)(=O)c3ccccc3)cc2)CC1. The van der Waals surface area contributed by atoms with Gasteiger partial charge in [-0.05, 0) is 87.7 Å². The number of amides is 1. The van der Waals surface area contributed by atoms with Crippen molar-refractivity contribution in [2.24, 2.45) is 0 Å². The van der Waals surface area contributed by atoms with Crippen molar-refractivity contribution < 1.29 is 13.2 Å². The van der Waals surface area contributed by atoms with Gasteiger partial charge >= 0.3 is 0 Å². The van der Waals surface area contributed by atoms with Gasteiger partial charge in [0.15, 0.2) is 0 Å². The number of halogens is 1. The van der Waals surface area contributed by atoms with Gasteiger partial charge in [-0.1, -0.05) is 41.9 Å². The van der Waals surface area contributed by atoms with Gasteiger partial charge in [0.25, 0.3) is 15.9 Å². The molecule has 1 heterocycles. The van der Waals surface area contributed by atoms with E-state index in [9.17, 15) is 13.2 Å². The lowest BCUT2D eigenvalue weighted by atomic mass is 10.1. The van der Waals surface area contributed by atoms with E-state index in [-0.39, 0.29) is 17.3 Å². The first-order valence-corrected chi connectivity index (χ1v) is 14.6. The summed E-state index contributed by atoms with van der Waals surface area (Å²) in [6.45, 7) is 5.33. The van der Waals surface area contributed by atoms with Crippen LogP contribution in [0.2, 0.25) is 5.02 Å². The van der Waals surface area contributed by atoms with Gasteiger partial charge in [0, 0.05) is 36.8 Å². The normalized spacial score (nSPS) is 14.6. The second kappa shape index (κ2) is 12.8. The van der Waals surface area contributed by atoms with Gasteiger partial charge < -0.3 is 9.80 Å². The standard InChI is InChI=1S/C29H35ClN4O3S/c1-31(2)17-6-18-32-19-21-33(22-20-32)29(35)25-11-15-27(16-12-25)34(23-24-9-13-26(30)14-10-24)38(36,37)28-7-4-3-5-8-28/h3-5,7-16H,6,17-23H2,1-2H3. The summed E-state index contributed by atoms with van der Waals surface area (Å²) >= 11 is 6.03. The molecule has 0 spiro atoms. The minimum absolute atomic E-state index is 0.0281. The van der Waals surface area contributed by atoms with Crippen LogP contribution < -0.4 is 4.31 Å². The fourth-order valence-electron chi connectivity index (χ4n) is 4.53. The maximum atomic E-state index is 13.6. The number of rotatable bonds is 10. The third-order valence-electron chi connectivity index (χ3n) is 6.71. The van der Waals surface area contributed by atoms with Gasteiger partial charge in [-0.3, -0.25) is 14.0 Å². The lowest BCUT2D eigenvalue weighted by Gasteiger charge is -2.35. The van der Waals surface area contributed by atoms with E-state index in [0.717, 1.165) is 38.2 Å². The molecule has 0 atom stereocenters. The van der Waals surface area contributed by atoms with E-state index in [1.807, 2.05) is 17.0 Å². The zero-order valence-electron chi connectivity index (χ0n) is 22.0. The zero-order chi connectivity index (χ0) is 27.1. The van der Waals surface area contributed by atoms with Crippen LogP contribution in [-0.2, 0) is 16.6 Å². The van der Waals surface area contributed by atoms with E-state index in [4.69, 9.17) is 11.6 Å². The van der Waals surface area contributed by atoms with Crippen LogP contribution in [0.1, 0.15) is 22.3 Å². The molecular formula is C29H35ClN4O3S. The van der Waals surface area contributed by atoms with E-state index in [1.54, 1.807) is 66.7 Å². The Balaban J connectivity index is 1.49. The predicted molar refractivity (Wildman–Crippen MR) is 153 cm³/mol. The molecule has 0 aliphatic carbocycles. The highest BCUT2D eigenvalue weighted by Gasteiger charge is 2.26.